The predicted molar refractivity (Wildman–Crippen MR) is 103 cm³/mol. The third-order valence-corrected chi connectivity index (χ3v) is 6.89. The van der Waals surface area contributed by atoms with Crippen LogP contribution in [-0.2, 0) is 14.8 Å². The van der Waals surface area contributed by atoms with Crippen LogP contribution in [0, 0.1) is 19.8 Å². The average molecular weight is 383 g/mol. The molecule has 0 aromatic heterocycles. The van der Waals surface area contributed by atoms with Crippen molar-refractivity contribution >= 4 is 15.9 Å². The normalized spacial score (nSPS) is 16.8. The van der Waals surface area contributed by atoms with Crippen molar-refractivity contribution in [3.8, 4) is 0 Å². The number of rotatable bonds is 7. The second-order valence-corrected chi connectivity index (χ2v) is 9.55. The number of amides is 1. The number of nitrogens with zero attached hydrogens (tertiary/aromatic N) is 1. The first-order chi connectivity index (χ1) is 12.2. The van der Waals surface area contributed by atoms with Gasteiger partial charge in [-0.2, -0.15) is 4.31 Å². The van der Waals surface area contributed by atoms with Crippen LogP contribution in [0.1, 0.15) is 31.4 Å². The largest absolute Gasteiger partial charge is 0.351 e. The minimum atomic E-state index is -3.46. The lowest BCUT2D eigenvalue weighted by Crippen LogP contribution is -3.15. The first-order valence-electron chi connectivity index (χ1n) is 9.38. The zero-order valence-corrected chi connectivity index (χ0v) is 17.2. The molecule has 1 amide bonds. The molecule has 0 radical (unpaired) electrons. The monoisotopic (exact) mass is 382 g/mol. The molecule has 0 atom stereocenters. The molecule has 26 heavy (non-hydrogen) atoms. The number of nitrogens with one attached hydrogen (secondary N) is 2. The standard InChI is InChI=1S/C19H31N3O3S/c1-15(2)7-8-20-19(23)14-21-9-11-22(12-10-21)26(24,25)18-6-5-16(3)17(4)13-18/h5-6,13,15H,7-12,14H2,1-4H3,(H,20,23)/p+1. The molecule has 1 aliphatic heterocycles. The van der Waals surface area contributed by atoms with Crippen molar-refractivity contribution in [2.75, 3.05) is 39.3 Å². The van der Waals surface area contributed by atoms with Crippen LogP contribution in [0.15, 0.2) is 23.1 Å². The van der Waals surface area contributed by atoms with Gasteiger partial charge in [-0.05, 0) is 49.4 Å². The van der Waals surface area contributed by atoms with Crippen molar-refractivity contribution < 1.29 is 18.1 Å². The maximum Gasteiger partial charge on any atom is 0.275 e. The summed E-state index contributed by atoms with van der Waals surface area (Å²) in [5.74, 6) is 0.618. The van der Waals surface area contributed by atoms with Gasteiger partial charge in [0.05, 0.1) is 31.1 Å². The Labute approximate surface area is 157 Å². The minimum absolute atomic E-state index is 0.0473. The average Bonchev–Trinajstić information content (AvgIpc) is 2.57. The van der Waals surface area contributed by atoms with Gasteiger partial charge in [-0.25, -0.2) is 8.42 Å². The van der Waals surface area contributed by atoms with Gasteiger partial charge in [0, 0.05) is 6.54 Å². The van der Waals surface area contributed by atoms with Crippen LogP contribution in [-0.4, -0.2) is 57.9 Å². The summed E-state index contributed by atoms with van der Waals surface area (Å²) in [6, 6.07) is 5.27. The van der Waals surface area contributed by atoms with E-state index in [4.69, 9.17) is 0 Å². The predicted octanol–water partition coefficient (Wildman–Crippen LogP) is 0.355. The molecule has 0 spiro atoms. The zero-order chi connectivity index (χ0) is 19.3. The van der Waals surface area contributed by atoms with Crippen LogP contribution in [0.5, 0.6) is 0 Å². The number of hydrogen-bond acceptors (Lipinski definition) is 3. The highest BCUT2D eigenvalue weighted by atomic mass is 32.2. The summed E-state index contributed by atoms with van der Waals surface area (Å²) in [6.07, 6.45) is 0.975. The quantitative estimate of drug-likeness (QED) is 0.715. The van der Waals surface area contributed by atoms with Crippen molar-refractivity contribution in [1.82, 2.24) is 9.62 Å². The molecule has 0 unspecified atom stereocenters. The highest BCUT2D eigenvalue weighted by Crippen LogP contribution is 2.19. The first-order valence-corrected chi connectivity index (χ1v) is 10.8. The van der Waals surface area contributed by atoms with Crippen molar-refractivity contribution in [2.24, 2.45) is 5.92 Å². The summed E-state index contributed by atoms with van der Waals surface area (Å²) in [7, 11) is -3.46. The summed E-state index contributed by atoms with van der Waals surface area (Å²) in [6.45, 7) is 11.5. The lowest BCUT2D eigenvalue weighted by atomic mass is 10.1. The highest BCUT2D eigenvalue weighted by Gasteiger charge is 2.31. The van der Waals surface area contributed by atoms with Crippen LogP contribution in [0.4, 0.5) is 0 Å². The highest BCUT2D eigenvalue weighted by molar-refractivity contribution is 7.89. The second kappa shape index (κ2) is 8.97. The molecule has 1 saturated heterocycles. The molecule has 0 saturated carbocycles. The van der Waals surface area contributed by atoms with E-state index >= 15 is 0 Å². The number of hydrogen-bond donors (Lipinski definition) is 2. The molecule has 1 heterocycles. The van der Waals surface area contributed by atoms with E-state index in [1.807, 2.05) is 19.9 Å². The molecule has 2 rings (SSSR count). The van der Waals surface area contributed by atoms with Gasteiger partial charge in [0.2, 0.25) is 10.0 Å². The van der Waals surface area contributed by atoms with E-state index in [9.17, 15) is 13.2 Å². The molecule has 146 valence electrons. The number of carbonyl (C=O) groups is 1. The smallest absolute Gasteiger partial charge is 0.275 e. The van der Waals surface area contributed by atoms with E-state index in [0.29, 0.717) is 50.1 Å². The van der Waals surface area contributed by atoms with E-state index in [2.05, 4.69) is 19.2 Å². The van der Waals surface area contributed by atoms with Gasteiger partial charge >= 0.3 is 0 Å². The Morgan fingerprint density at radius 1 is 1.19 bits per heavy atom. The van der Waals surface area contributed by atoms with Gasteiger partial charge in [0.15, 0.2) is 6.54 Å². The SMILES string of the molecule is Cc1ccc(S(=O)(=O)N2CC[NH+](CC(=O)NCCC(C)C)CC2)cc1C. The molecule has 0 bridgehead atoms. The fraction of sp³-hybridized carbons (Fsp3) is 0.632. The Bertz CT molecular complexity index is 724. The van der Waals surface area contributed by atoms with Crippen LogP contribution < -0.4 is 10.2 Å². The van der Waals surface area contributed by atoms with Crippen molar-refractivity contribution in [3.63, 3.8) is 0 Å². The Morgan fingerprint density at radius 2 is 1.85 bits per heavy atom. The summed E-state index contributed by atoms with van der Waals surface area (Å²) in [5.41, 5.74) is 2.06. The molecule has 1 aromatic carbocycles. The van der Waals surface area contributed by atoms with E-state index in [-0.39, 0.29) is 5.91 Å². The maximum absolute atomic E-state index is 12.8. The molecule has 1 aromatic rings. The number of carbonyl (C=O) groups excluding carboxylic acids is 1. The van der Waals surface area contributed by atoms with Crippen molar-refractivity contribution in [2.45, 2.75) is 39.0 Å². The molecule has 7 heteroatoms. The molecule has 1 aliphatic rings. The number of benzene rings is 1. The summed E-state index contributed by atoms with van der Waals surface area (Å²) in [5, 5.41) is 2.95. The lowest BCUT2D eigenvalue weighted by molar-refractivity contribution is -0.895. The molecular weight excluding hydrogens is 350 g/mol. The fourth-order valence-electron chi connectivity index (χ4n) is 3.03. The topological polar surface area (TPSA) is 70.9 Å². The number of piperazine rings is 1. The number of sulfonamides is 1. The number of quaternary nitrogens is 1. The van der Waals surface area contributed by atoms with E-state index < -0.39 is 10.0 Å². The Kier molecular flexibility index (Phi) is 7.20. The van der Waals surface area contributed by atoms with Crippen molar-refractivity contribution in [1.29, 1.82) is 0 Å². The Morgan fingerprint density at radius 3 is 2.42 bits per heavy atom. The molecule has 0 aliphatic carbocycles. The molecular formula is C19H32N3O3S+. The summed E-state index contributed by atoms with van der Waals surface area (Å²) < 4.78 is 27.2. The van der Waals surface area contributed by atoms with Gasteiger partial charge in [0.25, 0.3) is 5.91 Å². The lowest BCUT2D eigenvalue weighted by Gasteiger charge is -2.31. The van der Waals surface area contributed by atoms with Gasteiger partial charge in [-0.1, -0.05) is 19.9 Å². The zero-order valence-electron chi connectivity index (χ0n) is 16.3. The molecule has 2 N–H and O–H groups in total. The van der Waals surface area contributed by atoms with Gasteiger partial charge in [0.1, 0.15) is 0 Å². The Balaban J connectivity index is 1.87. The molecule has 1 fully saturated rings. The van der Waals surface area contributed by atoms with Gasteiger partial charge < -0.3 is 10.2 Å². The van der Waals surface area contributed by atoms with Crippen LogP contribution in [0.25, 0.3) is 0 Å². The summed E-state index contributed by atoms with van der Waals surface area (Å²) >= 11 is 0. The van der Waals surface area contributed by atoms with Crippen LogP contribution in [0.2, 0.25) is 0 Å². The van der Waals surface area contributed by atoms with Gasteiger partial charge in [-0.15, -0.1) is 0 Å². The Hall–Kier alpha value is -1.44. The van der Waals surface area contributed by atoms with E-state index in [1.54, 1.807) is 12.1 Å². The summed E-state index contributed by atoms with van der Waals surface area (Å²) in [4.78, 5) is 13.5. The third kappa shape index (κ3) is 5.53. The van der Waals surface area contributed by atoms with Gasteiger partial charge in [-0.3, -0.25) is 4.79 Å². The third-order valence-electron chi connectivity index (χ3n) is 5.00. The number of aryl methyl sites for hydroxylation is 2. The second-order valence-electron chi connectivity index (χ2n) is 7.61. The van der Waals surface area contributed by atoms with Crippen molar-refractivity contribution in [3.05, 3.63) is 29.3 Å². The maximum atomic E-state index is 12.8. The fourth-order valence-corrected chi connectivity index (χ4v) is 4.56. The van der Waals surface area contributed by atoms with Crippen LogP contribution >= 0.6 is 0 Å². The van der Waals surface area contributed by atoms with Crippen LogP contribution in [0.3, 0.4) is 0 Å². The molecule has 6 nitrogen and oxygen atoms in total. The minimum Gasteiger partial charge on any atom is -0.351 e. The van der Waals surface area contributed by atoms with E-state index in [0.717, 1.165) is 22.4 Å². The first kappa shape index (κ1) is 20.9. The van der Waals surface area contributed by atoms with E-state index in [1.165, 1.54) is 4.31 Å².